The van der Waals surface area contributed by atoms with Gasteiger partial charge in [0.15, 0.2) is 0 Å². The third-order valence-electron chi connectivity index (χ3n) is 4.06. The summed E-state index contributed by atoms with van der Waals surface area (Å²) in [6, 6.07) is 12.6. The number of carbonyl (C=O) groups excluding carboxylic acids is 2. The Morgan fingerprint density at radius 3 is 2.48 bits per heavy atom. The maximum atomic E-state index is 13.9. The van der Waals surface area contributed by atoms with E-state index in [-0.39, 0.29) is 28.7 Å². The van der Waals surface area contributed by atoms with Crippen molar-refractivity contribution in [2.24, 2.45) is 0 Å². The Labute approximate surface area is 170 Å². The molecule has 0 saturated carbocycles. The first-order valence-electron chi connectivity index (χ1n) is 8.60. The summed E-state index contributed by atoms with van der Waals surface area (Å²) < 4.78 is 27.1. The summed E-state index contributed by atoms with van der Waals surface area (Å²) in [4.78, 5) is 29.9. The van der Waals surface area contributed by atoms with Crippen LogP contribution in [0.2, 0.25) is 5.02 Å². The summed E-state index contributed by atoms with van der Waals surface area (Å²) in [5.41, 5.74) is 0.881. The molecule has 0 aliphatic heterocycles. The molecule has 1 heterocycles. The molecule has 29 heavy (non-hydrogen) atoms. The quantitative estimate of drug-likeness (QED) is 0.646. The average Bonchev–Trinajstić information content (AvgIpc) is 2.67. The topological polar surface area (TPSA) is 62.3 Å². The summed E-state index contributed by atoms with van der Waals surface area (Å²) >= 11 is 5.96. The third-order valence-corrected chi connectivity index (χ3v) is 4.41. The molecule has 0 radical (unpaired) electrons. The predicted molar refractivity (Wildman–Crippen MR) is 107 cm³/mol. The molecule has 8 heteroatoms. The number of anilines is 3. The van der Waals surface area contributed by atoms with Gasteiger partial charge < -0.3 is 5.32 Å². The summed E-state index contributed by atoms with van der Waals surface area (Å²) in [5, 5.41) is 2.80. The van der Waals surface area contributed by atoms with E-state index < -0.39 is 17.5 Å². The van der Waals surface area contributed by atoms with Gasteiger partial charge >= 0.3 is 0 Å². The average molecular weight is 416 g/mol. The zero-order valence-corrected chi connectivity index (χ0v) is 16.1. The monoisotopic (exact) mass is 415 g/mol. The van der Waals surface area contributed by atoms with Crippen molar-refractivity contribution in [3.05, 3.63) is 83.0 Å². The summed E-state index contributed by atoms with van der Waals surface area (Å²) in [7, 11) is 0. The summed E-state index contributed by atoms with van der Waals surface area (Å²) in [5.74, 6) is -1.58. The van der Waals surface area contributed by atoms with Crippen molar-refractivity contribution in [2.45, 2.75) is 13.3 Å². The number of nitrogens with zero attached hydrogens (tertiary/aromatic N) is 2. The van der Waals surface area contributed by atoms with Gasteiger partial charge in [-0.1, -0.05) is 17.7 Å². The molecule has 0 aliphatic rings. The second kappa shape index (κ2) is 8.79. The van der Waals surface area contributed by atoms with Crippen LogP contribution in [0.4, 0.5) is 26.0 Å². The number of amides is 2. The van der Waals surface area contributed by atoms with Gasteiger partial charge in [0.1, 0.15) is 17.5 Å². The molecule has 0 fully saturated rings. The molecule has 1 N–H and O–H groups in total. The van der Waals surface area contributed by atoms with E-state index in [9.17, 15) is 18.4 Å². The molecule has 3 aromatic rings. The second-order valence-corrected chi connectivity index (χ2v) is 6.57. The summed E-state index contributed by atoms with van der Waals surface area (Å²) in [6.45, 7) is 1.34. The van der Waals surface area contributed by atoms with E-state index in [2.05, 4.69) is 10.3 Å². The number of carbonyl (C=O) groups is 2. The minimum atomic E-state index is -0.567. The maximum Gasteiger partial charge on any atom is 0.229 e. The SMILES string of the molecule is CC(=O)N(c1ccc(F)cc1)c1cc(NC(=O)Cc2c(F)cccc2Cl)ccn1. The lowest BCUT2D eigenvalue weighted by molar-refractivity contribution is -0.116. The molecule has 0 bridgehead atoms. The van der Waals surface area contributed by atoms with Crippen LogP contribution in [0, 0.1) is 11.6 Å². The Morgan fingerprint density at radius 2 is 1.83 bits per heavy atom. The Hall–Kier alpha value is -3.32. The first-order valence-corrected chi connectivity index (χ1v) is 8.98. The minimum Gasteiger partial charge on any atom is -0.326 e. The van der Waals surface area contributed by atoms with Gasteiger partial charge in [0, 0.05) is 35.5 Å². The number of hydrogen-bond acceptors (Lipinski definition) is 3. The molecular weight excluding hydrogens is 400 g/mol. The van der Waals surface area contributed by atoms with E-state index in [1.54, 1.807) is 0 Å². The van der Waals surface area contributed by atoms with Crippen LogP contribution in [0.1, 0.15) is 12.5 Å². The normalized spacial score (nSPS) is 10.5. The Bertz CT molecular complexity index is 1040. The van der Waals surface area contributed by atoms with Crippen LogP contribution in [0.5, 0.6) is 0 Å². The summed E-state index contributed by atoms with van der Waals surface area (Å²) in [6.07, 6.45) is 1.16. The zero-order valence-electron chi connectivity index (χ0n) is 15.3. The standard InChI is InChI=1S/C21H16ClF2N3O2/c1-13(28)27(16-7-5-14(23)6-8-16)20-11-15(9-10-25-20)26-21(29)12-17-18(22)3-2-4-19(17)24/h2-11H,12H2,1H3,(H,25,26,29). The maximum absolute atomic E-state index is 13.9. The number of rotatable bonds is 5. The van der Waals surface area contributed by atoms with Crippen LogP contribution in [0.3, 0.4) is 0 Å². The number of hydrogen-bond donors (Lipinski definition) is 1. The van der Waals surface area contributed by atoms with Crippen molar-refractivity contribution in [1.82, 2.24) is 4.98 Å². The molecule has 0 spiro atoms. The Kier molecular flexibility index (Phi) is 6.19. The number of halogens is 3. The van der Waals surface area contributed by atoms with Gasteiger partial charge in [-0.3, -0.25) is 14.5 Å². The first kappa shape index (κ1) is 20.4. The lowest BCUT2D eigenvalue weighted by Gasteiger charge is -2.20. The lowest BCUT2D eigenvalue weighted by Crippen LogP contribution is -2.24. The number of aromatic nitrogens is 1. The van der Waals surface area contributed by atoms with Crippen molar-refractivity contribution >= 4 is 40.6 Å². The highest BCUT2D eigenvalue weighted by Gasteiger charge is 2.17. The van der Waals surface area contributed by atoms with E-state index in [0.29, 0.717) is 11.4 Å². The molecule has 2 aromatic carbocycles. The Balaban J connectivity index is 1.82. The highest BCUT2D eigenvalue weighted by atomic mass is 35.5. The van der Waals surface area contributed by atoms with E-state index in [0.717, 1.165) is 0 Å². The van der Waals surface area contributed by atoms with Gasteiger partial charge in [0.05, 0.1) is 12.1 Å². The molecule has 0 atom stereocenters. The van der Waals surface area contributed by atoms with Crippen LogP contribution < -0.4 is 10.2 Å². The molecule has 2 amide bonds. The largest absolute Gasteiger partial charge is 0.326 e. The van der Waals surface area contributed by atoms with Gasteiger partial charge in [-0.05, 0) is 42.5 Å². The lowest BCUT2D eigenvalue weighted by atomic mass is 10.1. The second-order valence-electron chi connectivity index (χ2n) is 6.16. The molecule has 1 aromatic heterocycles. The smallest absolute Gasteiger partial charge is 0.229 e. The number of benzene rings is 2. The molecule has 5 nitrogen and oxygen atoms in total. The van der Waals surface area contributed by atoms with E-state index in [1.807, 2.05) is 0 Å². The van der Waals surface area contributed by atoms with Crippen molar-refractivity contribution in [3.63, 3.8) is 0 Å². The molecule has 148 valence electrons. The minimum absolute atomic E-state index is 0.0950. The first-order chi connectivity index (χ1) is 13.8. The van der Waals surface area contributed by atoms with E-state index in [1.165, 1.54) is 72.6 Å². The van der Waals surface area contributed by atoms with Crippen LogP contribution in [0.15, 0.2) is 60.8 Å². The number of pyridine rings is 1. The fourth-order valence-corrected chi connectivity index (χ4v) is 2.98. The highest BCUT2D eigenvalue weighted by molar-refractivity contribution is 6.31. The van der Waals surface area contributed by atoms with Crippen LogP contribution in [-0.4, -0.2) is 16.8 Å². The molecule has 0 saturated heterocycles. The molecule has 0 unspecified atom stereocenters. The van der Waals surface area contributed by atoms with Gasteiger partial charge in [-0.25, -0.2) is 13.8 Å². The Morgan fingerprint density at radius 1 is 1.10 bits per heavy atom. The zero-order chi connectivity index (χ0) is 21.0. The van der Waals surface area contributed by atoms with Crippen molar-refractivity contribution in [2.75, 3.05) is 10.2 Å². The third kappa shape index (κ3) is 4.94. The molecule has 0 aliphatic carbocycles. The van der Waals surface area contributed by atoms with Gasteiger partial charge in [-0.2, -0.15) is 0 Å². The fraction of sp³-hybridized carbons (Fsp3) is 0.0952. The van der Waals surface area contributed by atoms with E-state index >= 15 is 0 Å². The van der Waals surface area contributed by atoms with Gasteiger partial charge in [0.2, 0.25) is 11.8 Å². The predicted octanol–water partition coefficient (Wildman–Crippen LogP) is 4.88. The molecular formula is C21H16ClF2N3O2. The van der Waals surface area contributed by atoms with Gasteiger partial charge in [0.25, 0.3) is 0 Å². The van der Waals surface area contributed by atoms with Crippen molar-refractivity contribution in [3.8, 4) is 0 Å². The van der Waals surface area contributed by atoms with E-state index in [4.69, 9.17) is 11.6 Å². The fourth-order valence-electron chi connectivity index (χ4n) is 2.75. The molecule has 3 rings (SSSR count). The van der Waals surface area contributed by atoms with Crippen LogP contribution in [-0.2, 0) is 16.0 Å². The van der Waals surface area contributed by atoms with Crippen LogP contribution in [0.25, 0.3) is 0 Å². The van der Waals surface area contributed by atoms with Crippen molar-refractivity contribution < 1.29 is 18.4 Å². The van der Waals surface area contributed by atoms with Gasteiger partial charge in [-0.15, -0.1) is 0 Å². The number of nitrogens with one attached hydrogen (secondary N) is 1. The van der Waals surface area contributed by atoms with Crippen LogP contribution >= 0.6 is 11.6 Å². The highest BCUT2D eigenvalue weighted by Crippen LogP contribution is 2.26. The van der Waals surface area contributed by atoms with Crippen molar-refractivity contribution in [1.29, 1.82) is 0 Å².